The van der Waals surface area contributed by atoms with E-state index < -0.39 is 0 Å². The number of hydrogen-bond acceptors (Lipinski definition) is 4. The second-order valence-corrected chi connectivity index (χ2v) is 7.57. The van der Waals surface area contributed by atoms with Crippen LogP contribution in [0.5, 0.6) is 0 Å². The van der Waals surface area contributed by atoms with Crippen LogP contribution in [0.4, 0.5) is 5.69 Å². The average molecular weight is 531 g/mol. The van der Waals surface area contributed by atoms with Gasteiger partial charge in [0, 0.05) is 64.0 Å². The van der Waals surface area contributed by atoms with E-state index in [1.54, 1.807) is 10.9 Å². The van der Waals surface area contributed by atoms with Gasteiger partial charge in [0.25, 0.3) is 0 Å². The zero-order chi connectivity index (χ0) is 20.9. The van der Waals surface area contributed by atoms with E-state index in [1.165, 1.54) is 16.8 Å². The summed E-state index contributed by atoms with van der Waals surface area (Å²) in [4.78, 5) is 13.7. The maximum absolute atomic E-state index is 4.51. The van der Waals surface area contributed by atoms with Crippen molar-refractivity contribution in [2.45, 2.75) is 20.4 Å². The van der Waals surface area contributed by atoms with Crippen LogP contribution in [0.1, 0.15) is 16.7 Å². The molecule has 0 spiro atoms. The van der Waals surface area contributed by atoms with Crippen LogP contribution < -0.4 is 10.2 Å². The van der Waals surface area contributed by atoms with E-state index in [1.807, 2.05) is 37.6 Å². The molecular weight excluding hydrogens is 501 g/mol. The summed E-state index contributed by atoms with van der Waals surface area (Å²) in [6.07, 6.45) is 5.47. The van der Waals surface area contributed by atoms with Crippen molar-refractivity contribution in [3.05, 3.63) is 71.7 Å². The van der Waals surface area contributed by atoms with Crippen molar-refractivity contribution in [2.75, 3.05) is 38.1 Å². The Bertz CT molecular complexity index is 1010. The third kappa shape index (κ3) is 5.36. The van der Waals surface area contributed by atoms with Gasteiger partial charge in [0.1, 0.15) is 0 Å². The number of nitrogens with one attached hydrogen (secondary N) is 1. The van der Waals surface area contributed by atoms with E-state index in [0.29, 0.717) is 6.54 Å². The molecule has 1 saturated heterocycles. The summed E-state index contributed by atoms with van der Waals surface area (Å²) in [6.45, 7) is 8.96. The van der Waals surface area contributed by atoms with Gasteiger partial charge in [-0.2, -0.15) is 5.10 Å². The van der Waals surface area contributed by atoms with Gasteiger partial charge in [0.15, 0.2) is 11.8 Å². The fourth-order valence-electron chi connectivity index (χ4n) is 3.85. The number of aromatic nitrogens is 3. The first-order valence-corrected chi connectivity index (χ1v) is 10.4. The lowest BCUT2D eigenvalue weighted by Crippen LogP contribution is -2.52. The van der Waals surface area contributed by atoms with Gasteiger partial charge in [-0.05, 0) is 54.8 Å². The van der Waals surface area contributed by atoms with Crippen molar-refractivity contribution in [1.82, 2.24) is 25.0 Å². The minimum Gasteiger partial charge on any atom is -0.368 e. The van der Waals surface area contributed by atoms with Crippen LogP contribution in [0.25, 0.3) is 5.82 Å². The van der Waals surface area contributed by atoms with Crippen molar-refractivity contribution in [3.8, 4) is 5.82 Å². The van der Waals surface area contributed by atoms with Crippen LogP contribution >= 0.6 is 24.0 Å². The average Bonchev–Trinajstić information content (AvgIpc) is 3.32. The molecule has 0 saturated carbocycles. The molecule has 1 aliphatic rings. The Morgan fingerprint density at radius 2 is 1.87 bits per heavy atom. The molecule has 7 nitrogen and oxygen atoms in total. The van der Waals surface area contributed by atoms with Gasteiger partial charge in [-0.1, -0.05) is 12.1 Å². The zero-order valence-corrected chi connectivity index (χ0v) is 20.7. The highest BCUT2D eigenvalue weighted by atomic mass is 127. The summed E-state index contributed by atoms with van der Waals surface area (Å²) < 4.78 is 1.77. The monoisotopic (exact) mass is 531 g/mol. The first-order valence-electron chi connectivity index (χ1n) is 10.4. The SMILES string of the molecule is CN=C(NCc1ccnc(-n2cccn2)c1)N1CCN(c2cccc(C)c2C)CC1.I. The number of piperazine rings is 1. The maximum Gasteiger partial charge on any atom is 0.194 e. The van der Waals surface area contributed by atoms with E-state index in [-0.39, 0.29) is 24.0 Å². The van der Waals surface area contributed by atoms with E-state index >= 15 is 0 Å². The van der Waals surface area contributed by atoms with E-state index in [0.717, 1.165) is 43.5 Å². The Labute approximate surface area is 201 Å². The fourth-order valence-corrected chi connectivity index (χ4v) is 3.85. The molecule has 1 aromatic carbocycles. The lowest BCUT2D eigenvalue weighted by atomic mass is 10.1. The molecule has 3 heterocycles. The Morgan fingerprint density at radius 1 is 1.06 bits per heavy atom. The smallest absolute Gasteiger partial charge is 0.194 e. The van der Waals surface area contributed by atoms with Crippen molar-refractivity contribution >= 4 is 35.6 Å². The van der Waals surface area contributed by atoms with Gasteiger partial charge in [-0.15, -0.1) is 24.0 Å². The molecule has 1 aliphatic heterocycles. The van der Waals surface area contributed by atoms with Gasteiger partial charge in [-0.3, -0.25) is 4.99 Å². The molecule has 4 rings (SSSR count). The minimum absolute atomic E-state index is 0. The van der Waals surface area contributed by atoms with Crippen molar-refractivity contribution in [1.29, 1.82) is 0 Å². The minimum atomic E-state index is 0. The number of nitrogens with zero attached hydrogens (tertiary/aromatic N) is 6. The molecule has 0 amide bonds. The maximum atomic E-state index is 4.51. The molecule has 1 fully saturated rings. The molecule has 31 heavy (non-hydrogen) atoms. The molecule has 0 aliphatic carbocycles. The van der Waals surface area contributed by atoms with Crippen LogP contribution in [0, 0.1) is 13.8 Å². The van der Waals surface area contributed by atoms with Crippen molar-refractivity contribution in [3.63, 3.8) is 0 Å². The largest absolute Gasteiger partial charge is 0.368 e. The summed E-state index contributed by atoms with van der Waals surface area (Å²) in [5, 5.41) is 7.76. The molecule has 3 aromatic rings. The molecule has 0 bridgehead atoms. The number of hydrogen-bond donors (Lipinski definition) is 1. The standard InChI is InChI=1S/C23H29N7.HI/c1-18-6-4-7-21(19(18)2)28-12-14-29(15-13-28)23(24-3)26-17-20-8-10-25-22(16-20)30-11-5-9-27-30;/h4-11,16H,12-15,17H2,1-3H3,(H,24,26);1H. The molecule has 0 unspecified atom stereocenters. The van der Waals surface area contributed by atoms with Crippen LogP contribution in [0.3, 0.4) is 0 Å². The number of anilines is 1. The lowest BCUT2D eigenvalue weighted by molar-refractivity contribution is 0.372. The van der Waals surface area contributed by atoms with Crippen LogP contribution in [0.15, 0.2) is 60.0 Å². The molecule has 2 aromatic heterocycles. The van der Waals surface area contributed by atoms with Gasteiger partial charge in [0.05, 0.1) is 0 Å². The van der Waals surface area contributed by atoms with Crippen molar-refractivity contribution in [2.24, 2.45) is 4.99 Å². The molecule has 0 atom stereocenters. The number of pyridine rings is 1. The highest BCUT2D eigenvalue weighted by molar-refractivity contribution is 14.0. The summed E-state index contributed by atoms with van der Waals surface area (Å²) in [7, 11) is 1.85. The zero-order valence-electron chi connectivity index (χ0n) is 18.3. The Balaban J connectivity index is 0.00000272. The predicted octanol–water partition coefficient (Wildman–Crippen LogP) is 3.40. The van der Waals surface area contributed by atoms with Crippen LogP contribution in [-0.4, -0.2) is 58.9 Å². The van der Waals surface area contributed by atoms with E-state index in [4.69, 9.17) is 0 Å². The number of halogens is 1. The van der Waals surface area contributed by atoms with Crippen LogP contribution in [-0.2, 0) is 6.54 Å². The van der Waals surface area contributed by atoms with Crippen LogP contribution in [0.2, 0.25) is 0 Å². The summed E-state index contributed by atoms with van der Waals surface area (Å²) >= 11 is 0. The summed E-state index contributed by atoms with van der Waals surface area (Å²) in [5.41, 5.74) is 5.21. The second-order valence-electron chi connectivity index (χ2n) is 7.57. The number of aryl methyl sites for hydroxylation is 1. The lowest BCUT2D eigenvalue weighted by Gasteiger charge is -2.38. The first kappa shape index (κ1) is 23.1. The molecular formula is C23H30IN7. The van der Waals surface area contributed by atoms with E-state index in [9.17, 15) is 0 Å². The first-order chi connectivity index (χ1) is 14.7. The summed E-state index contributed by atoms with van der Waals surface area (Å²) in [6, 6.07) is 12.5. The van der Waals surface area contributed by atoms with Gasteiger partial charge in [0.2, 0.25) is 0 Å². The highest BCUT2D eigenvalue weighted by Crippen LogP contribution is 2.23. The predicted molar refractivity (Wildman–Crippen MR) is 137 cm³/mol. The quantitative estimate of drug-likeness (QED) is 0.318. The Kier molecular flexibility index (Phi) is 7.89. The molecule has 1 N–H and O–H groups in total. The molecule has 8 heteroatoms. The number of benzene rings is 1. The number of aliphatic imine (C=N–C) groups is 1. The Morgan fingerprint density at radius 3 is 2.58 bits per heavy atom. The second kappa shape index (κ2) is 10.6. The number of guanidine groups is 1. The summed E-state index contributed by atoms with van der Waals surface area (Å²) in [5.74, 6) is 1.75. The highest BCUT2D eigenvalue weighted by Gasteiger charge is 2.21. The number of rotatable bonds is 4. The van der Waals surface area contributed by atoms with Gasteiger partial charge in [-0.25, -0.2) is 9.67 Å². The third-order valence-electron chi connectivity index (χ3n) is 5.71. The molecule has 0 radical (unpaired) electrons. The third-order valence-corrected chi connectivity index (χ3v) is 5.71. The van der Waals surface area contributed by atoms with Gasteiger partial charge < -0.3 is 15.1 Å². The van der Waals surface area contributed by atoms with Crippen molar-refractivity contribution < 1.29 is 0 Å². The normalized spacial score (nSPS) is 14.4. The van der Waals surface area contributed by atoms with Gasteiger partial charge >= 0.3 is 0 Å². The fraction of sp³-hybridized carbons (Fsp3) is 0.348. The van der Waals surface area contributed by atoms with E-state index in [2.05, 4.69) is 62.2 Å². The topological polar surface area (TPSA) is 61.6 Å². The Hall–Kier alpha value is -2.62. The molecule has 164 valence electrons.